The van der Waals surface area contributed by atoms with Gasteiger partial charge in [-0.3, -0.25) is 0 Å². The van der Waals surface area contributed by atoms with Crippen LogP contribution < -0.4 is 15.2 Å². The largest absolute Gasteiger partial charge is 0.481 e. The lowest BCUT2D eigenvalue weighted by atomic mass is 10.4. The minimum Gasteiger partial charge on any atom is -0.481 e. The molecule has 0 aliphatic rings. The fourth-order valence-corrected chi connectivity index (χ4v) is 1.04. The molecule has 5 nitrogen and oxygen atoms in total. The van der Waals surface area contributed by atoms with Gasteiger partial charge in [-0.15, -0.1) is 0 Å². The minimum absolute atomic E-state index is 0.408. The Labute approximate surface area is 89.2 Å². The average molecular weight is 212 g/mol. The van der Waals surface area contributed by atoms with Crippen molar-refractivity contribution in [3.05, 3.63) is 12.1 Å². The summed E-state index contributed by atoms with van der Waals surface area (Å²) in [6.07, 6.45) is 0.800. The van der Waals surface area contributed by atoms with Crippen molar-refractivity contribution >= 4 is 5.69 Å². The highest BCUT2D eigenvalue weighted by molar-refractivity contribution is 5.49. The standard InChI is InChI=1S/C10H16N2O3/c1-13-6-3-7-15-10-8(11)4-5-9(12-10)14-2/h4-5H,3,6-7,11H2,1-2H3. The van der Waals surface area contributed by atoms with E-state index in [-0.39, 0.29) is 0 Å². The molecule has 0 aliphatic heterocycles. The first-order valence-corrected chi connectivity index (χ1v) is 4.70. The normalized spacial score (nSPS) is 10.0. The molecule has 0 unspecified atom stereocenters. The summed E-state index contributed by atoms with van der Waals surface area (Å²) >= 11 is 0. The number of nitrogen functional groups attached to an aromatic ring is 1. The highest BCUT2D eigenvalue weighted by Crippen LogP contribution is 2.21. The van der Waals surface area contributed by atoms with Crippen molar-refractivity contribution in [3.8, 4) is 11.8 Å². The van der Waals surface area contributed by atoms with Crippen LogP contribution in [0.4, 0.5) is 5.69 Å². The van der Waals surface area contributed by atoms with Gasteiger partial charge in [-0.25, -0.2) is 0 Å². The van der Waals surface area contributed by atoms with E-state index in [0.717, 1.165) is 6.42 Å². The summed E-state index contributed by atoms with van der Waals surface area (Å²) in [6, 6.07) is 3.40. The van der Waals surface area contributed by atoms with Crippen LogP contribution in [-0.4, -0.2) is 32.4 Å². The van der Waals surface area contributed by atoms with Crippen LogP contribution in [0.3, 0.4) is 0 Å². The molecule has 84 valence electrons. The number of anilines is 1. The molecule has 0 radical (unpaired) electrons. The highest BCUT2D eigenvalue weighted by atomic mass is 16.5. The molecule has 1 aromatic rings. The van der Waals surface area contributed by atoms with Gasteiger partial charge in [-0.05, 0) is 6.07 Å². The van der Waals surface area contributed by atoms with Crippen LogP contribution in [0.25, 0.3) is 0 Å². The van der Waals surface area contributed by atoms with Gasteiger partial charge in [0.05, 0.1) is 19.4 Å². The van der Waals surface area contributed by atoms with Gasteiger partial charge in [-0.2, -0.15) is 4.98 Å². The molecule has 0 spiro atoms. The van der Waals surface area contributed by atoms with Crippen LogP contribution in [0.2, 0.25) is 0 Å². The van der Waals surface area contributed by atoms with E-state index in [4.69, 9.17) is 19.9 Å². The molecular formula is C10H16N2O3. The zero-order valence-corrected chi connectivity index (χ0v) is 9.03. The van der Waals surface area contributed by atoms with E-state index in [9.17, 15) is 0 Å². The van der Waals surface area contributed by atoms with Gasteiger partial charge in [0.1, 0.15) is 0 Å². The van der Waals surface area contributed by atoms with Crippen molar-refractivity contribution in [1.29, 1.82) is 0 Å². The maximum absolute atomic E-state index is 5.68. The third kappa shape index (κ3) is 3.63. The number of nitrogens with zero attached hydrogens (tertiary/aromatic N) is 1. The highest BCUT2D eigenvalue weighted by Gasteiger charge is 2.03. The summed E-state index contributed by atoms with van der Waals surface area (Å²) in [7, 11) is 3.20. The summed E-state index contributed by atoms with van der Waals surface area (Å²) in [5.41, 5.74) is 6.19. The Bertz CT molecular complexity index is 305. The lowest BCUT2D eigenvalue weighted by Crippen LogP contribution is -2.05. The number of methoxy groups -OCH3 is 2. The summed E-state index contributed by atoms with van der Waals surface area (Å²) in [4.78, 5) is 4.08. The lowest BCUT2D eigenvalue weighted by molar-refractivity contribution is 0.170. The van der Waals surface area contributed by atoms with Gasteiger partial charge in [-0.1, -0.05) is 0 Å². The van der Waals surface area contributed by atoms with Gasteiger partial charge in [0.2, 0.25) is 11.8 Å². The van der Waals surface area contributed by atoms with Crippen molar-refractivity contribution in [2.24, 2.45) is 0 Å². The average Bonchev–Trinajstić information content (AvgIpc) is 2.26. The van der Waals surface area contributed by atoms with Gasteiger partial charge in [0.25, 0.3) is 0 Å². The summed E-state index contributed by atoms with van der Waals surface area (Å²) in [5.74, 6) is 0.899. The molecule has 0 saturated carbocycles. The molecule has 15 heavy (non-hydrogen) atoms. The van der Waals surface area contributed by atoms with E-state index in [1.54, 1.807) is 26.4 Å². The first-order valence-electron chi connectivity index (χ1n) is 4.70. The second-order valence-electron chi connectivity index (χ2n) is 2.94. The molecule has 0 aliphatic carbocycles. The molecule has 0 saturated heterocycles. The Morgan fingerprint density at radius 2 is 2.07 bits per heavy atom. The van der Waals surface area contributed by atoms with Crippen LogP contribution in [0, 0.1) is 0 Å². The van der Waals surface area contributed by atoms with E-state index in [1.807, 2.05) is 0 Å². The molecule has 1 rings (SSSR count). The smallest absolute Gasteiger partial charge is 0.240 e. The zero-order valence-electron chi connectivity index (χ0n) is 9.03. The Balaban J connectivity index is 2.51. The topological polar surface area (TPSA) is 66.6 Å². The zero-order chi connectivity index (χ0) is 11.1. The number of pyridine rings is 1. The quantitative estimate of drug-likeness (QED) is 0.715. The predicted octanol–water partition coefficient (Wildman–Crippen LogP) is 1.09. The van der Waals surface area contributed by atoms with Crippen LogP contribution in [0.1, 0.15) is 6.42 Å². The van der Waals surface area contributed by atoms with Crippen LogP contribution in [-0.2, 0) is 4.74 Å². The summed E-state index contributed by atoms with van der Waals surface area (Å²) < 4.78 is 15.2. The molecule has 1 aromatic heterocycles. The molecule has 0 fully saturated rings. The predicted molar refractivity (Wildman–Crippen MR) is 57.2 cm³/mol. The summed E-state index contributed by atoms with van der Waals surface area (Å²) in [5, 5.41) is 0. The van der Waals surface area contributed by atoms with Crippen LogP contribution in [0.15, 0.2) is 12.1 Å². The third-order valence-corrected chi connectivity index (χ3v) is 1.80. The number of rotatable bonds is 6. The monoisotopic (exact) mass is 212 g/mol. The van der Waals surface area contributed by atoms with E-state index < -0.39 is 0 Å². The molecule has 0 amide bonds. The Morgan fingerprint density at radius 3 is 2.73 bits per heavy atom. The lowest BCUT2D eigenvalue weighted by Gasteiger charge is -2.08. The third-order valence-electron chi connectivity index (χ3n) is 1.80. The van der Waals surface area contributed by atoms with Gasteiger partial charge < -0.3 is 19.9 Å². The van der Waals surface area contributed by atoms with Crippen molar-refractivity contribution in [2.75, 3.05) is 33.2 Å². The van der Waals surface area contributed by atoms with Crippen molar-refractivity contribution in [3.63, 3.8) is 0 Å². The summed E-state index contributed by atoms with van der Waals surface area (Å²) in [6.45, 7) is 1.18. The number of aromatic nitrogens is 1. The van der Waals surface area contributed by atoms with E-state index in [1.165, 1.54) is 0 Å². The van der Waals surface area contributed by atoms with Crippen molar-refractivity contribution in [1.82, 2.24) is 4.98 Å². The molecule has 0 aromatic carbocycles. The van der Waals surface area contributed by atoms with Crippen molar-refractivity contribution in [2.45, 2.75) is 6.42 Å². The second kappa shape index (κ2) is 6.08. The van der Waals surface area contributed by atoms with Gasteiger partial charge in [0, 0.05) is 26.2 Å². The van der Waals surface area contributed by atoms with Crippen LogP contribution in [0.5, 0.6) is 11.8 Å². The first-order chi connectivity index (χ1) is 7.27. The number of nitrogens with two attached hydrogens (primary N) is 1. The Kier molecular flexibility index (Phi) is 4.70. The fourth-order valence-electron chi connectivity index (χ4n) is 1.04. The molecule has 2 N–H and O–H groups in total. The molecule has 1 heterocycles. The molecule has 5 heteroatoms. The minimum atomic E-state index is 0.408. The first kappa shape index (κ1) is 11.6. The molecule has 0 atom stereocenters. The second-order valence-corrected chi connectivity index (χ2v) is 2.94. The Morgan fingerprint density at radius 1 is 1.27 bits per heavy atom. The van der Waals surface area contributed by atoms with Gasteiger partial charge in [0.15, 0.2) is 0 Å². The fraction of sp³-hybridized carbons (Fsp3) is 0.500. The molecule has 0 bridgehead atoms. The van der Waals surface area contributed by atoms with Crippen molar-refractivity contribution < 1.29 is 14.2 Å². The Hall–Kier alpha value is -1.49. The van der Waals surface area contributed by atoms with Crippen LogP contribution >= 0.6 is 0 Å². The van der Waals surface area contributed by atoms with E-state index in [0.29, 0.717) is 30.7 Å². The van der Waals surface area contributed by atoms with Gasteiger partial charge >= 0.3 is 0 Å². The number of ether oxygens (including phenoxy) is 3. The van der Waals surface area contributed by atoms with E-state index in [2.05, 4.69) is 4.98 Å². The SMILES string of the molecule is COCCCOc1nc(OC)ccc1N. The maximum atomic E-state index is 5.68. The van der Waals surface area contributed by atoms with E-state index >= 15 is 0 Å². The number of hydrogen-bond acceptors (Lipinski definition) is 5. The number of hydrogen-bond donors (Lipinski definition) is 1. The molecular weight excluding hydrogens is 196 g/mol. The maximum Gasteiger partial charge on any atom is 0.240 e.